The van der Waals surface area contributed by atoms with Crippen molar-refractivity contribution in [2.75, 3.05) is 0 Å². The molecule has 1 fully saturated rings. The van der Waals surface area contributed by atoms with E-state index in [1.807, 2.05) is 6.08 Å². The summed E-state index contributed by atoms with van der Waals surface area (Å²) >= 11 is 0. The molecule has 0 spiro atoms. The first-order chi connectivity index (χ1) is 5.86. The van der Waals surface area contributed by atoms with Gasteiger partial charge in [0.15, 0.2) is 0 Å². The molecule has 2 unspecified atom stereocenters. The summed E-state index contributed by atoms with van der Waals surface area (Å²) in [4.78, 5) is 10.6. The SMILES string of the molecule is C=CCCC1CCCC(C=O)C1. The maximum atomic E-state index is 10.6. The van der Waals surface area contributed by atoms with Crippen molar-refractivity contribution < 1.29 is 4.79 Å². The monoisotopic (exact) mass is 166 g/mol. The molecule has 0 bridgehead atoms. The molecule has 0 aliphatic heterocycles. The van der Waals surface area contributed by atoms with Crippen molar-refractivity contribution in [1.29, 1.82) is 0 Å². The van der Waals surface area contributed by atoms with E-state index in [2.05, 4.69) is 6.58 Å². The van der Waals surface area contributed by atoms with E-state index in [1.165, 1.54) is 19.3 Å². The van der Waals surface area contributed by atoms with Crippen molar-refractivity contribution in [2.45, 2.75) is 38.5 Å². The lowest BCUT2D eigenvalue weighted by atomic mass is 9.80. The zero-order valence-electron chi connectivity index (χ0n) is 7.67. The fourth-order valence-electron chi connectivity index (χ4n) is 2.07. The van der Waals surface area contributed by atoms with Crippen molar-refractivity contribution >= 4 is 6.29 Å². The number of hydrogen-bond acceptors (Lipinski definition) is 1. The minimum Gasteiger partial charge on any atom is -0.303 e. The quantitative estimate of drug-likeness (QED) is 0.463. The van der Waals surface area contributed by atoms with E-state index in [0.29, 0.717) is 5.92 Å². The van der Waals surface area contributed by atoms with Crippen molar-refractivity contribution in [3.05, 3.63) is 12.7 Å². The molecule has 0 radical (unpaired) electrons. The lowest BCUT2D eigenvalue weighted by Crippen LogP contribution is -2.16. The van der Waals surface area contributed by atoms with Crippen molar-refractivity contribution in [1.82, 2.24) is 0 Å². The Kier molecular flexibility index (Phi) is 4.06. The van der Waals surface area contributed by atoms with Gasteiger partial charge in [-0.05, 0) is 31.6 Å². The molecule has 1 nitrogen and oxygen atoms in total. The molecule has 0 saturated heterocycles. The molecule has 0 heterocycles. The van der Waals surface area contributed by atoms with Crippen LogP contribution < -0.4 is 0 Å². The second kappa shape index (κ2) is 5.13. The smallest absolute Gasteiger partial charge is 0.123 e. The van der Waals surface area contributed by atoms with Gasteiger partial charge in [0.25, 0.3) is 0 Å². The highest BCUT2D eigenvalue weighted by atomic mass is 16.1. The Morgan fingerprint density at radius 2 is 2.25 bits per heavy atom. The van der Waals surface area contributed by atoms with E-state index in [0.717, 1.165) is 31.5 Å². The van der Waals surface area contributed by atoms with Crippen molar-refractivity contribution in [3.63, 3.8) is 0 Å². The topological polar surface area (TPSA) is 17.1 Å². The summed E-state index contributed by atoms with van der Waals surface area (Å²) in [6.07, 6.45) is 10.3. The van der Waals surface area contributed by atoms with Crippen LogP contribution in [0.25, 0.3) is 0 Å². The molecule has 0 aromatic carbocycles. The predicted molar refractivity (Wildman–Crippen MR) is 50.9 cm³/mol. The van der Waals surface area contributed by atoms with Gasteiger partial charge in [-0.1, -0.05) is 18.9 Å². The molecule has 0 aromatic heterocycles. The van der Waals surface area contributed by atoms with E-state index < -0.39 is 0 Å². The van der Waals surface area contributed by atoms with E-state index >= 15 is 0 Å². The van der Waals surface area contributed by atoms with Crippen LogP contribution in [-0.2, 0) is 4.79 Å². The fraction of sp³-hybridized carbons (Fsp3) is 0.727. The molecule has 1 heteroatoms. The average molecular weight is 166 g/mol. The normalized spacial score (nSPS) is 29.7. The van der Waals surface area contributed by atoms with Gasteiger partial charge in [0.05, 0.1) is 0 Å². The van der Waals surface area contributed by atoms with Gasteiger partial charge in [-0.3, -0.25) is 0 Å². The van der Waals surface area contributed by atoms with E-state index in [9.17, 15) is 4.79 Å². The Morgan fingerprint density at radius 3 is 2.92 bits per heavy atom. The molecule has 0 amide bonds. The summed E-state index contributed by atoms with van der Waals surface area (Å²) in [5.74, 6) is 1.14. The molecule has 12 heavy (non-hydrogen) atoms. The highest BCUT2D eigenvalue weighted by Gasteiger charge is 2.20. The number of aldehydes is 1. The van der Waals surface area contributed by atoms with Crippen LogP contribution in [0.15, 0.2) is 12.7 Å². The molecule has 0 N–H and O–H groups in total. The zero-order chi connectivity index (χ0) is 8.81. The number of rotatable bonds is 4. The number of carbonyl (C=O) groups is 1. The number of carbonyl (C=O) groups excluding carboxylic acids is 1. The van der Waals surface area contributed by atoms with E-state index in [4.69, 9.17) is 0 Å². The van der Waals surface area contributed by atoms with E-state index in [-0.39, 0.29) is 0 Å². The van der Waals surface area contributed by atoms with Crippen LogP contribution in [0.4, 0.5) is 0 Å². The van der Waals surface area contributed by atoms with Gasteiger partial charge in [0.1, 0.15) is 6.29 Å². The molecule has 1 aliphatic rings. The summed E-state index contributed by atoms with van der Waals surface area (Å²) < 4.78 is 0. The third-order valence-corrected chi connectivity index (χ3v) is 2.79. The molecule has 2 atom stereocenters. The van der Waals surface area contributed by atoms with Gasteiger partial charge in [0, 0.05) is 5.92 Å². The van der Waals surface area contributed by atoms with Gasteiger partial charge >= 0.3 is 0 Å². The molecule has 1 aliphatic carbocycles. The maximum Gasteiger partial charge on any atom is 0.123 e. The number of hydrogen-bond donors (Lipinski definition) is 0. The molecular weight excluding hydrogens is 148 g/mol. The van der Waals surface area contributed by atoms with Gasteiger partial charge < -0.3 is 4.79 Å². The van der Waals surface area contributed by atoms with Gasteiger partial charge in [-0.25, -0.2) is 0 Å². The van der Waals surface area contributed by atoms with Crippen molar-refractivity contribution in [2.24, 2.45) is 11.8 Å². The van der Waals surface area contributed by atoms with Gasteiger partial charge in [0.2, 0.25) is 0 Å². The van der Waals surface area contributed by atoms with Gasteiger partial charge in [-0.15, -0.1) is 6.58 Å². The Hall–Kier alpha value is -0.590. The summed E-state index contributed by atoms with van der Waals surface area (Å²) in [5.41, 5.74) is 0. The summed E-state index contributed by atoms with van der Waals surface area (Å²) in [6.45, 7) is 3.71. The highest BCUT2D eigenvalue weighted by Crippen LogP contribution is 2.30. The highest BCUT2D eigenvalue weighted by molar-refractivity contribution is 5.53. The third kappa shape index (κ3) is 2.80. The standard InChI is InChI=1S/C11H18O/c1-2-3-5-10-6-4-7-11(8-10)9-12/h2,9-11H,1,3-8H2. The zero-order valence-corrected chi connectivity index (χ0v) is 7.67. The van der Waals surface area contributed by atoms with Crippen LogP contribution in [-0.4, -0.2) is 6.29 Å². The first-order valence-electron chi connectivity index (χ1n) is 4.93. The molecule has 0 aromatic rings. The summed E-state index contributed by atoms with van der Waals surface area (Å²) in [7, 11) is 0. The van der Waals surface area contributed by atoms with Crippen LogP contribution in [0.5, 0.6) is 0 Å². The lowest BCUT2D eigenvalue weighted by molar-refractivity contribution is -0.112. The lowest BCUT2D eigenvalue weighted by Gasteiger charge is -2.25. The summed E-state index contributed by atoms with van der Waals surface area (Å²) in [6, 6.07) is 0. The maximum absolute atomic E-state index is 10.6. The Balaban J connectivity index is 2.25. The van der Waals surface area contributed by atoms with Gasteiger partial charge in [-0.2, -0.15) is 0 Å². The Bertz CT molecular complexity index is 151. The minimum atomic E-state index is 0.355. The fourth-order valence-corrected chi connectivity index (χ4v) is 2.07. The average Bonchev–Trinajstić information content (AvgIpc) is 2.15. The first kappa shape index (κ1) is 9.50. The largest absolute Gasteiger partial charge is 0.303 e. The van der Waals surface area contributed by atoms with Crippen molar-refractivity contribution in [3.8, 4) is 0 Å². The van der Waals surface area contributed by atoms with Crippen LogP contribution in [0.2, 0.25) is 0 Å². The minimum absolute atomic E-state index is 0.355. The van der Waals surface area contributed by atoms with Crippen LogP contribution in [0.1, 0.15) is 38.5 Å². The third-order valence-electron chi connectivity index (χ3n) is 2.79. The second-order valence-corrected chi connectivity index (χ2v) is 3.79. The summed E-state index contributed by atoms with van der Waals surface area (Å²) in [5, 5.41) is 0. The van der Waals surface area contributed by atoms with Crippen LogP contribution in [0, 0.1) is 11.8 Å². The predicted octanol–water partition coefficient (Wildman–Crippen LogP) is 2.96. The van der Waals surface area contributed by atoms with Crippen LogP contribution >= 0.6 is 0 Å². The number of allylic oxidation sites excluding steroid dienone is 1. The molecular formula is C11H18O. The molecule has 68 valence electrons. The Morgan fingerprint density at radius 1 is 1.42 bits per heavy atom. The van der Waals surface area contributed by atoms with E-state index in [1.54, 1.807) is 0 Å². The Labute approximate surface area is 74.9 Å². The molecule has 1 rings (SSSR count). The second-order valence-electron chi connectivity index (χ2n) is 3.79. The van der Waals surface area contributed by atoms with Crippen LogP contribution in [0.3, 0.4) is 0 Å². The first-order valence-corrected chi connectivity index (χ1v) is 4.93. The molecule has 1 saturated carbocycles.